The van der Waals surface area contributed by atoms with Gasteiger partial charge in [0.2, 0.25) is 0 Å². The number of hydrogen-bond acceptors (Lipinski definition) is 5. The minimum absolute atomic E-state index is 0.185. The lowest BCUT2D eigenvalue weighted by atomic mass is 10.2. The second-order valence-corrected chi connectivity index (χ2v) is 4.77. The number of benzene rings is 1. The van der Waals surface area contributed by atoms with Gasteiger partial charge in [0.1, 0.15) is 12.4 Å². The van der Waals surface area contributed by atoms with E-state index in [0.29, 0.717) is 24.5 Å². The Morgan fingerprint density at radius 3 is 2.67 bits per heavy atom. The third-order valence-corrected chi connectivity index (χ3v) is 3.07. The van der Waals surface area contributed by atoms with Crippen LogP contribution in [0.15, 0.2) is 54.9 Å². The Hall–Kier alpha value is -3.15. The number of amides is 1. The number of pyridine rings is 1. The number of ether oxygens (including phenoxy) is 2. The van der Waals surface area contributed by atoms with Crippen molar-refractivity contribution in [2.75, 3.05) is 20.3 Å². The summed E-state index contributed by atoms with van der Waals surface area (Å²) in [5.41, 5.74) is 1.37. The molecular formula is C18H18N2O4. The number of aromatic nitrogens is 1. The lowest BCUT2D eigenvalue weighted by Gasteiger charge is -2.08. The molecule has 1 heterocycles. The summed E-state index contributed by atoms with van der Waals surface area (Å²) in [6, 6.07) is 10.6. The second-order valence-electron chi connectivity index (χ2n) is 4.77. The molecule has 0 aliphatic rings. The molecule has 0 fully saturated rings. The quantitative estimate of drug-likeness (QED) is 0.479. The van der Waals surface area contributed by atoms with E-state index in [2.05, 4.69) is 15.0 Å². The maximum atomic E-state index is 11.8. The summed E-state index contributed by atoms with van der Waals surface area (Å²) in [6.07, 6.45) is 6.13. The minimum atomic E-state index is -0.403. The van der Waals surface area contributed by atoms with Crippen LogP contribution in [-0.4, -0.2) is 37.1 Å². The fraction of sp³-hybridized carbons (Fsp3) is 0.167. The molecule has 0 radical (unpaired) electrons. The summed E-state index contributed by atoms with van der Waals surface area (Å²) in [6.45, 7) is 0.737. The Bertz CT molecular complexity index is 697. The first-order valence-electron chi connectivity index (χ1n) is 7.36. The highest BCUT2D eigenvalue weighted by Gasteiger charge is 2.03. The maximum Gasteiger partial charge on any atom is 0.330 e. The number of nitrogens with zero attached hydrogens (tertiary/aromatic N) is 1. The Kier molecular flexibility index (Phi) is 6.52. The van der Waals surface area contributed by atoms with Crippen molar-refractivity contribution in [2.45, 2.75) is 0 Å². The molecule has 1 N–H and O–H groups in total. The molecule has 6 nitrogen and oxygen atoms in total. The van der Waals surface area contributed by atoms with Crippen molar-refractivity contribution in [1.29, 1.82) is 0 Å². The standard InChI is InChI=1S/C18H18N2O4/c1-23-17(21)9-6-14-4-7-16(8-5-14)24-12-11-20-18(22)15-3-2-10-19-13-15/h2-10,13H,11-12H2,1H3,(H,20,22)/b9-6+. The van der Waals surface area contributed by atoms with Gasteiger partial charge in [-0.1, -0.05) is 12.1 Å². The van der Waals surface area contributed by atoms with Crippen LogP contribution in [0.1, 0.15) is 15.9 Å². The minimum Gasteiger partial charge on any atom is -0.492 e. The van der Waals surface area contributed by atoms with E-state index < -0.39 is 5.97 Å². The molecule has 0 spiro atoms. The summed E-state index contributed by atoms with van der Waals surface area (Å²) in [7, 11) is 1.33. The molecule has 1 amide bonds. The van der Waals surface area contributed by atoms with E-state index in [1.165, 1.54) is 19.4 Å². The third kappa shape index (κ3) is 5.57. The zero-order valence-corrected chi connectivity index (χ0v) is 13.3. The van der Waals surface area contributed by atoms with Crippen LogP contribution in [0.4, 0.5) is 0 Å². The van der Waals surface area contributed by atoms with Crippen molar-refractivity contribution in [3.8, 4) is 5.75 Å². The average Bonchev–Trinajstić information content (AvgIpc) is 2.64. The number of nitrogens with one attached hydrogen (secondary N) is 1. The van der Waals surface area contributed by atoms with Crippen molar-refractivity contribution in [1.82, 2.24) is 10.3 Å². The number of carbonyl (C=O) groups is 2. The summed E-state index contributed by atoms with van der Waals surface area (Å²) in [5, 5.41) is 2.75. The highest BCUT2D eigenvalue weighted by molar-refractivity contribution is 5.93. The molecule has 0 saturated heterocycles. The van der Waals surface area contributed by atoms with Crippen LogP contribution in [0.2, 0.25) is 0 Å². The van der Waals surface area contributed by atoms with Crippen LogP contribution >= 0.6 is 0 Å². The molecule has 0 unspecified atom stereocenters. The molecule has 0 atom stereocenters. The number of esters is 1. The van der Waals surface area contributed by atoms with E-state index in [4.69, 9.17) is 4.74 Å². The van der Waals surface area contributed by atoms with Gasteiger partial charge in [-0.2, -0.15) is 0 Å². The smallest absolute Gasteiger partial charge is 0.330 e. The predicted molar refractivity (Wildman–Crippen MR) is 89.6 cm³/mol. The normalized spacial score (nSPS) is 10.4. The van der Waals surface area contributed by atoms with Crippen molar-refractivity contribution in [3.63, 3.8) is 0 Å². The number of carbonyl (C=O) groups excluding carboxylic acids is 2. The van der Waals surface area contributed by atoms with Crippen LogP contribution in [0.3, 0.4) is 0 Å². The van der Waals surface area contributed by atoms with Crippen molar-refractivity contribution >= 4 is 18.0 Å². The van der Waals surface area contributed by atoms with Crippen LogP contribution in [0, 0.1) is 0 Å². The third-order valence-electron chi connectivity index (χ3n) is 3.07. The lowest BCUT2D eigenvalue weighted by molar-refractivity contribution is -0.134. The Balaban J connectivity index is 1.74. The fourth-order valence-electron chi connectivity index (χ4n) is 1.84. The van der Waals surface area contributed by atoms with Crippen molar-refractivity contribution in [3.05, 3.63) is 66.0 Å². The molecule has 0 aliphatic heterocycles. The SMILES string of the molecule is COC(=O)/C=C/c1ccc(OCCNC(=O)c2cccnc2)cc1. The van der Waals surface area contributed by atoms with Gasteiger partial charge in [-0.05, 0) is 35.9 Å². The predicted octanol–water partition coefficient (Wildman–Crippen LogP) is 2.08. The van der Waals surface area contributed by atoms with E-state index >= 15 is 0 Å². The van der Waals surface area contributed by atoms with Crippen LogP contribution in [0.25, 0.3) is 6.08 Å². The van der Waals surface area contributed by atoms with Gasteiger partial charge in [-0.25, -0.2) is 4.79 Å². The second kappa shape index (κ2) is 9.09. The van der Waals surface area contributed by atoms with Gasteiger partial charge in [0, 0.05) is 18.5 Å². The van der Waals surface area contributed by atoms with Gasteiger partial charge >= 0.3 is 5.97 Å². The lowest BCUT2D eigenvalue weighted by Crippen LogP contribution is -2.28. The molecule has 1 aromatic carbocycles. The van der Waals surface area contributed by atoms with E-state index in [9.17, 15) is 9.59 Å². The van der Waals surface area contributed by atoms with Gasteiger partial charge < -0.3 is 14.8 Å². The monoisotopic (exact) mass is 326 g/mol. The summed E-state index contributed by atoms with van der Waals surface area (Å²) in [4.78, 5) is 26.7. The number of methoxy groups -OCH3 is 1. The molecule has 0 saturated carbocycles. The van der Waals surface area contributed by atoms with Gasteiger partial charge in [0.05, 0.1) is 19.2 Å². The first-order valence-corrected chi connectivity index (χ1v) is 7.36. The van der Waals surface area contributed by atoms with Crippen LogP contribution in [-0.2, 0) is 9.53 Å². The van der Waals surface area contributed by atoms with E-state index in [-0.39, 0.29) is 5.91 Å². The van der Waals surface area contributed by atoms with Crippen LogP contribution in [0.5, 0.6) is 5.75 Å². The molecule has 2 rings (SSSR count). The molecule has 0 bridgehead atoms. The Morgan fingerprint density at radius 1 is 1.21 bits per heavy atom. The number of hydrogen-bond donors (Lipinski definition) is 1. The molecule has 6 heteroatoms. The van der Waals surface area contributed by atoms with E-state index in [0.717, 1.165) is 5.56 Å². The largest absolute Gasteiger partial charge is 0.492 e. The van der Waals surface area contributed by atoms with Crippen molar-refractivity contribution < 1.29 is 19.1 Å². The first-order chi connectivity index (χ1) is 11.7. The van der Waals surface area contributed by atoms with E-state index in [1.807, 2.05) is 12.1 Å². The molecule has 124 valence electrons. The number of rotatable bonds is 7. The average molecular weight is 326 g/mol. The maximum absolute atomic E-state index is 11.8. The Labute approximate surface area is 140 Å². The zero-order valence-electron chi connectivity index (χ0n) is 13.3. The molecule has 1 aromatic heterocycles. The highest BCUT2D eigenvalue weighted by atomic mass is 16.5. The Morgan fingerprint density at radius 2 is 2.00 bits per heavy atom. The first kappa shape index (κ1) is 17.2. The fourth-order valence-corrected chi connectivity index (χ4v) is 1.84. The van der Waals surface area contributed by atoms with E-state index in [1.54, 1.807) is 36.5 Å². The van der Waals surface area contributed by atoms with Crippen LogP contribution < -0.4 is 10.1 Å². The van der Waals surface area contributed by atoms with Gasteiger partial charge in [0.25, 0.3) is 5.91 Å². The van der Waals surface area contributed by atoms with Gasteiger partial charge in [0.15, 0.2) is 0 Å². The molecular weight excluding hydrogens is 308 g/mol. The summed E-state index contributed by atoms with van der Waals surface area (Å²) >= 11 is 0. The highest BCUT2D eigenvalue weighted by Crippen LogP contribution is 2.13. The molecule has 2 aromatic rings. The summed E-state index contributed by atoms with van der Waals surface area (Å²) < 4.78 is 10.1. The van der Waals surface area contributed by atoms with Gasteiger partial charge in [-0.15, -0.1) is 0 Å². The zero-order chi connectivity index (χ0) is 17.2. The topological polar surface area (TPSA) is 77.5 Å². The van der Waals surface area contributed by atoms with Gasteiger partial charge in [-0.3, -0.25) is 9.78 Å². The molecule has 24 heavy (non-hydrogen) atoms. The summed E-state index contributed by atoms with van der Waals surface area (Å²) in [5.74, 6) is 0.0931. The molecule has 0 aliphatic carbocycles. The van der Waals surface area contributed by atoms with Crippen molar-refractivity contribution in [2.24, 2.45) is 0 Å².